The maximum Gasteiger partial charge on any atom is 0.0540 e. The van der Waals surface area contributed by atoms with E-state index in [0.717, 1.165) is 5.69 Å². The van der Waals surface area contributed by atoms with Gasteiger partial charge in [0, 0.05) is 27.8 Å². The van der Waals surface area contributed by atoms with Crippen molar-refractivity contribution in [2.24, 2.45) is 0 Å². The number of hydrogen-bond acceptors (Lipinski definition) is 1. The molecular weight excluding hydrogens is 747 g/mol. The van der Waals surface area contributed by atoms with Crippen molar-refractivity contribution in [3.8, 4) is 55.6 Å². The van der Waals surface area contributed by atoms with Crippen LogP contribution in [0.5, 0.6) is 0 Å². The molecule has 1 fully saturated rings. The Morgan fingerprint density at radius 3 is 1.60 bits per heavy atom. The van der Waals surface area contributed by atoms with Crippen LogP contribution in [0.25, 0.3) is 55.6 Å². The Morgan fingerprint density at radius 1 is 0.403 bits per heavy atom. The minimum absolute atomic E-state index is 0.0648. The van der Waals surface area contributed by atoms with Crippen LogP contribution in [0, 0.1) is 0 Å². The minimum atomic E-state index is -0.103. The van der Waals surface area contributed by atoms with Gasteiger partial charge in [0.15, 0.2) is 0 Å². The van der Waals surface area contributed by atoms with E-state index in [0.29, 0.717) is 0 Å². The highest BCUT2D eigenvalue weighted by Crippen LogP contribution is 2.57. The number of para-hydroxylation sites is 1. The molecule has 0 amide bonds. The molecule has 0 bridgehead atoms. The van der Waals surface area contributed by atoms with Gasteiger partial charge in [-0.3, -0.25) is 0 Å². The summed E-state index contributed by atoms with van der Waals surface area (Å²) in [4.78, 5) is 2.52. The van der Waals surface area contributed by atoms with Crippen LogP contribution >= 0.6 is 0 Å². The summed E-state index contributed by atoms with van der Waals surface area (Å²) in [6.07, 6.45) is 6.28. The predicted octanol–water partition coefficient (Wildman–Crippen LogP) is 17.0. The highest BCUT2D eigenvalue weighted by atomic mass is 15.1. The van der Waals surface area contributed by atoms with Crippen molar-refractivity contribution in [3.05, 3.63) is 210 Å². The largest absolute Gasteiger partial charge is 0.310 e. The molecule has 0 aliphatic heterocycles. The molecule has 0 unspecified atom stereocenters. The molecule has 0 radical (unpaired) electrons. The summed E-state index contributed by atoms with van der Waals surface area (Å²) in [5.74, 6) is 0. The molecule has 0 saturated heterocycles. The molecule has 0 N–H and O–H groups in total. The average Bonchev–Trinajstić information content (AvgIpc) is 3.71. The van der Waals surface area contributed by atoms with Crippen molar-refractivity contribution in [3.63, 3.8) is 0 Å². The van der Waals surface area contributed by atoms with E-state index in [1.54, 1.807) is 0 Å². The number of anilines is 3. The lowest BCUT2D eigenvalue weighted by Gasteiger charge is -2.37. The summed E-state index contributed by atoms with van der Waals surface area (Å²) >= 11 is 0. The van der Waals surface area contributed by atoms with E-state index in [1.165, 1.54) is 127 Å². The van der Waals surface area contributed by atoms with Gasteiger partial charge in [0.2, 0.25) is 0 Å². The molecule has 1 saturated carbocycles. The van der Waals surface area contributed by atoms with E-state index < -0.39 is 0 Å². The number of nitrogens with zero attached hydrogens (tertiary/aromatic N) is 1. The van der Waals surface area contributed by atoms with Gasteiger partial charge in [-0.2, -0.15) is 0 Å². The maximum atomic E-state index is 2.55. The van der Waals surface area contributed by atoms with Gasteiger partial charge >= 0.3 is 0 Å². The Hall–Kier alpha value is -6.44. The fraction of sp³-hybridized carbons (Fsp3) is 0.213. The lowest BCUT2D eigenvalue weighted by Crippen LogP contribution is -2.28. The number of rotatable bonds is 6. The molecule has 1 spiro atoms. The minimum Gasteiger partial charge on any atom is -0.310 e. The third kappa shape index (κ3) is 6.04. The molecule has 1 nitrogen and oxygen atoms in total. The van der Waals surface area contributed by atoms with E-state index in [1.807, 2.05) is 0 Å². The molecule has 11 rings (SSSR count). The van der Waals surface area contributed by atoms with Crippen molar-refractivity contribution in [1.82, 2.24) is 0 Å². The van der Waals surface area contributed by atoms with Crippen LogP contribution in [0.15, 0.2) is 182 Å². The molecule has 62 heavy (non-hydrogen) atoms. The zero-order chi connectivity index (χ0) is 42.2. The molecule has 1 heteroatoms. The zero-order valence-corrected chi connectivity index (χ0v) is 36.8. The van der Waals surface area contributed by atoms with Gasteiger partial charge in [-0.25, -0.2) is 0 Å². The van der Waals surface area contributed by atoms with Crippen LogP contribution < -0.4 is 4.90 Å². The van der Waals surface area contributed by atoms with Crippen molar-refractivity contribution in [2.45, 2.75) is 83.0 Å². The standard InChI is InChI=1S/C61H55N/c1-59(2,3)43-32-28-42(29-33-43)47-19-11-14-27-57(47)62(45-36-37-51-49-21-10-13-26-55(49)61(56(51)40-45)38-15-6-16-39-61)44-34-30-41(31-35-44)46-18-7-8-20-48(46)52-23-17-24-53-50-22-9-12-25-54(50)60(4,5)58(52)53/h7-14,17-37,40H,6,15-16,38-39H2,1-5H3. The zero-order valence-electron chi connectivity index (χ0n) is 36.8. The smallest absolute Gasteiger partial charge is 0.0540 e. The number of fused-ring (bicyclic) bond motifs is 8. The Labute approximate surface area is 368 Å². The van der Waals surface area contributed by atoms with E-state index in [4.69, 9.17) is 0 Å². The number of hydrogen-bond donors (Lipinski definition) is 0. The first-order valence-electron chi connectivity index (χ1n) is 22.8. The summed E-state index contributed by atoms with van der Waals surface area (Å²) < 4.78 is 0. The van der Waals surface area contributed by atoms with Gasteiger partial charge in [-0.15, -0.1) is 0 Å². The Kier molecular flexibility index (Phi) is 9.06. The van der Waals surface area contributed by atoms with Crippen LogP contribution in [0.3, 0.4) is 0 Å². The first-order valence-corrected chi connectivity index (χ1v) is 22.8. The van der Waals surface area contributed by atoms with Crippen molar-refractivity contribution in [2.75, 3.05) is 4.90 Å². The van der Waals surface area contributed by atoms with Gasteiger partial charge < -0.3 is 4.90 Å². The fourth-order valence-electron chi connectivity index (χ4n) is 11.6. The van der Waals surface area contributed by atoms with E-state index in [-0.39, 0.29) is 16.2 Å². The summed E-state index contributed by atoms with van der Waals surface area (Å²) in [7, 11) is 0. The molecule has 8 aromatic rings. The summed E-state index contributed by atoms with van der Waals surface area (Å²) in [5, 5.41) is 0. The van der Waals surface area contributed by atoms with Crippen LogP contribution in [-0.2, 0) is 16.2 Å². The van der Waals surface area contributed by atoms with Gasteiger partial charge in [-0.05, 0) is 126 Å². The van der Waals surface area contributed by atoms with Crippen LogP contribution in [0.2, 0.25) is 0 Å². The number of benzene rings is 8. The highest BCUT2D eigenvalue weighted by Gasteiger charge is 2.44. The Morgan fingerprint density at radius 2 is 0.903 bits per heavy atom. The molecule has 304 valence electrons. The third-order valence-corrected chi connectivity index (χ3v) is 14.7. The second kappa shape index (κ2) is 14.6. The average molecular weight is 802 g/mol. The molecular formula is C61H55N. The third-order valence-electron chi connectivity index (χ3n) is 14.7. The van der Waals surface area contributed by atoms with Crippen molar-refractivity contribution < 1.29 is 0 Å². The van der Waals surface area contributed by atoms with Gasteiger partial charge in [0.05, 0.1) is 5.69 Å². The summed E-state index contributed by atoms with van der Waals surface area (Å²) in [5.41, 5.74) is 23.8. The van der Waals surface area contributed by atoms with E-state index in [9.17, 15) is 0 Å². The monoisotopic (exact) mass is 801 g/mol. The molecule has 0 atom stereocenters. The lowest BCUT2D eigenvalue weighted by molar-refractivity contribution is 0.353. The molecule has 0 aromatic heterocycles. The van der Waals surface area contributed by atoms with Gasteiger partial charge in [0.25, 0.3) is 0 Å². The summed E-state index contributed by atoms with van der Waals surface area (Å²) in [6, 6.07) is 69.0. The van der Waals surface area contributed by atoms with Crippen molar-refractivity contribution >= 4 is 17.1 Å². The van der Waals surface area contributed by atoms with Gasteiger partial charge in [0.1, 0.15) is 0 Å². The van der Waals surface area contributed by atoms with E-state index >= 15 is 0 Å². The molecule has 3 aliphatic carbocycles. The lowest BCUT2D eigenvalue weighted by atomic mass is 9.68. The molecule has 3 aliphatic rings. The quantitative estimate of drug-likeness (QED) is 0.162. The van der Waals surface area contributed by atoms with Crippen LogP contribution in [0.1, 0.15) is 94.5 Å². The molecule has 0 heterocycles. The topological polar surface area (TPSA) is 3.24 Å². The van der Waals surface area contributed by atoms with Gasteiger partial charge in [-0.1, -0.05) is 206 Å². The predicted molar refractivity (Wildman–Crippen MR) is 263 cm³/mol. The summed E-state index contributed by atoms with van der Waals surface area (Å²) in [6.45, 7) is 11.6. The molecule has 8 aromatic carbocycles. The normalized spacial score (nSPS) is 15.4. The van der Waals surface area contributed by atoms with Crippen LogP contribution in [-0.4, -0.2) is 0 Å². The second-order valence-electron chi connectivity index (χ2n) is 19.6. The Balaban J connectivity index is 1.06. The Bertz CT molecular complexity index is 2990. The highest BCUT2D eigenvalue weighted by molar-refractivity contribution is 5.94. The maximum absolute atomic E-state index is 2.55. The van der Waals surface area contributed by atoms with Crippen molar-refractivity contribution in [1.29, 1.82) is 0 Å². The SMILES string of the molecule is CC(C)(C)c1ccc(-c2ccccc2N(c2ccc(-c3ccccc3-c3cccc4c3C(C)(C)c3ccccc3-4)cc2)c2ccc3c(c2)C2(CCCCC2)c2ccccc2-3)cc1. The first-order chi connectivity index (χ1) is 30.1. The fourth-order valence-corrected chi connectivity index (χ4v) is 11.6. The van der Waals surface area contributed by atoms with E-state index in [2.05, 4.69) is 222 Å². The first kappa shape index (κ1) is 38.5. The second-order valence-corrected chi connectivity index (χ2v) is 19.6. The van der Waals surface area contributed by atoms with Crippen LogP contribution in [0.4, 0.5) is 17.1 Å².